The van der Waals surface area contributed by atoms with Gasteiger partial charge in [-0.05, 0) is 44.1 Å². The van der Waals surface area contributed by atoms with Crippen LogP contribution in [0.3, 0.4) is 0 Å². The Morgan fingerprint density at radius 1 is 1.35 bits per heavy atom. The average Bonchev–Trinajstić information content (AvgIpc) is 2.26. The molecule has 1 unspecified atom stereocenters. The van der Waals surface area contributed by atoms with Gasteiger partial charge in [-0.15, -0.1) is 0 Å². The third-order valence-electron chi connectivity index (χ3n) is 3.02. The first-order chi connectivity index (χ1) is 9.36. The van der Waals surface area contributed by atoms with E-state index >= 15 is 0 Å². The topological polar surface area (TPSA) is 58.4 Å². The first-order valence-electron chi connectivity index (χ1n) is 7.15. The Hall–Kier alpha value is -1.55. The quantitative estimate of drug-likeness (QED) is 0.748. The Morgan fingerprint density at radius 3 is 2.60 bits per heavy atom. The molecule has 1 aromatic rings. The van der Waals surface area contributed by atoms with E-state index in [2.05, 4.69) is 24.1 Å². The van der Waals surface area contributed by atoms with Gasteiger partial charge < -0.3 is 16.0 Å². The van der Waals surface area contributed by atoms with E-state index in [1.54, 1.807) is 0 Å². The minimum Gasteiger partial charge on any atom is -0.399 e. The number of carbonyl (C=O) groups is 1. The van der Waals surface area contributed by atoms with Gasteiger partial charge >= 0.3 is 0 Å². The van der Waals surface area contributed by atoms with Crippen LogP contribution in [0.4, 0.5) is 5.69 Å². The van der Waals surface area contributed by atoms with Gasteiger partial charge in [-0.1, -0.05) is 26.0 Å². The normalized spacial score (nSPS) is 12.7. The molecule has 1 rings (SSSR count). The summed E-state index contributed by atoms with van der Waals surface area (Å²) in [6.07, 6.45) is 1.37. The van der Waals surface area contributed by atoms with Crippen LogP contribution in [0.5, 0.6) is 0 Å². The van der Waals surface area contributed by atoms with Crippen LogP contribution in [0.2, 0.25) is 0 Å². The zero-order valence-electron chi connectivity index (χ0n) is 13.0. The van der Waals surface area contributed by atoms with Gasteiger partial charge in [-0.25, -0.2) is 0 Å². The van der Waals surface area contributed by atoms with Crippen molar-refractivity contribution >= 4 is 11.6 Å². The smallest absolute Gasteiger partial charge is 0.224 e. The second-order valence-electron chi connectivity index (χ2n) is 6.08. The van der Waals surface area contributed by atoms with Crippen LogP contribution >= 0.6 is 0 Å². The maximum atomic E-state index is 12.1. The van der Waals surface area contributed by atoms with Gasteiger partial charge in [0.1, 0.15) is 0 Å². The molecule has 0 aliphatic rings. The molecule has 0 aliphatic heterocycles. The zero-order chi connectivity index (χ0) is 15.1. The summed E-state index contributed by atoms with van der Waals surface area (Å²) >= 11 is 0. The standard InChI is InChI=1S/C16H27N3O/c1-12(2)8-15(11-19(3)4)18-16(20)10-13-6-5-7-14(17)9-13/h5-7,9,12,15H,8,10-11,17H2,1-4H3,(H,18,20). The number of rotatable bonds is 7. The number of nitrogens with one attached hydrogen (secondary N) is 1. The lowest BCUT2D eigenvalue weighted by Crippen LogP contribution is -2.43. The summed E-state index contributed by atoms with van der Waals surface area (Å²) in [4.78, 5) is 14.2. The van der Waals surface area contributed by atoms with Crippen LogP contribution in [0.15, 0.2) is 24.3 Å². The van der Waals surface area contributed by atoms with E-state index < -0.39 is 0 Å². The number of nitrogens with two attached hydrogens (primary N) is 1. The third-order valence-corrected chi connectivity index (χ3v) is 3.02. The minimum atomic E-state index is 0.0584. The van der Waals surface area contributed by atoms with Crippen molar-refractivity contribution in [3.63, 3.8) is 0 Å². The predicted octanol–water partition coefficient (Wildman–Crippen LogP) is 1.90. The Bertz CT molecular complexity index is 419. The third kappa shape index (κ3) is 6.57. The summed E-state index contributed by atoms with van der Waals surface area (Å²) in [7, 11) is 4.05. The molecule has 0 bridgehead atoms. The fourth-order valence-corrected chi connectivity index (χ4v) is 2.36. The van der Waals surface area contributed by atoms with Crippen molar-refractivity contribution in [1.29, 1.82) is 0 Å². The van der Waals surface area contributed by atoms with E-state index in [-0.39, 0.29) is 11.9 Å². The fraction of sp³-hybridized carbons (Fsp3) is 0.562. The minimum absolute atomic E-state index is 0.0584. The zero-order valence-corrected chi connectivity index (χ0v) is 13.0. The van der Waals surface area contributed by atoms with Crippen molar-refractivity contribution in [2.75, 3.05) is 26.4 Å². The van der Waals surface area contributed by atoms with E-state index in [9.17, 15) is 4.79 Å². The molecular weight excluding hydrogens is 250 g/mol. The van der Waals surface area contributed by atoms with Gasteiger partial charge in [0.25, 0.3) is 0 Å². The molecule has 4 nitrogen and oxygen atoms in total. The van der Waals surface area contributed by atoms with Crippen LogP contribution in [0.25, 0.3) is 0 Å². The van der Waals surface area contributed by atoms with E-state index in [4.69, 9.17) is 5.73 Å². The number of anilines is 1. The van der Waals surface area contributed by atoms with Crippen molar-refractivity contribution < 1.29 is 4.79 Å². The van der Waals surface area contributed by atoms with Gasteiger partial charge in [0.15, 0.2) is 0 Å². The molecule has 4 heteroatoms. The van der Waals surface area contributed by atoms with Crippen molar-refractivity contribution in [2.45, 2.75) is 32.7 Å². The molecule has 0 saturated carbocycles. The SMILES string of the molecule is CC(C)CC(CN(C)C)NC(=O)Cc1cccc(N)c1. The number of nitrogens with zero attached hydrogens (tertiary/aromatic N) is 1. The lowest BCUT2D eigenvalue weighted by Gasteiger charge is -2.24. The molecule has 0 spiro atoms. The molecular formula is C16H27N3O. The maximum absolute atomic E-state index is 12.1. The summed E-state index contributed by atoms with van der Waals surface area (Å²) in [5.74, 6) is 0.621. The Morgan fingerprint density at radius 2 is 2.05 bits per heavy atom. The molecule has 1 amide bonds. The van der Waals surface area contributed by atoms with Gasteiger partial charge in [-0.2, -0.15) is 0 Å². The van der Waals surface area contributed by atoms with Crippen LogP contribution < -0.4 is 11.1 Å². The van der Waals surface area contributed by atoms with E-state index in [1.165, 1.54) is 0 Å². The van der Waals surface area contributed by atoms with Gasteiger partial charge in [0, 0.05) is 18.3 Å². The largest absolute Gasteiger partial charge is 0.399 e. The number of hydrogen-bond acceptors (Lipinski definition) is 3. The Balaban J connectivity index is 2.56. The number of likely N-dealkylation sites (N-methyl/N-ethyl adjacent to an activating group) is 1. The number of amides is 1. The van der Waals surface area contributed by atoms with Crippen molar-refractivity contribution in [1.82, 2.24) is 10.2 Å². The summed E-state index contributed by atoms with van der Waals surface area (Å²) in [6.45, 7) is 5.21. The lowest BCUT2D eigenvalue weighted by molar-refractivity contribution is -0.121. The van der Waals surface area contributed by atoms with Gasteiger partial charge in [0.2, 0.25) is 5.91 Å². The second kappa shape index (κ2) is 7.90. The highest BCUT2D eigenvalue weighted by molar-refractivity contribution is 5.79. The van der Waals surface area contributed by atoms with Crippen molar-refractivity contribution in [3.8, 4) is 0 Å². The molecule has 20 heavy (non-hydrogen) atoms. The Labute approximate surface area is 122 Å². The van der Waals surface area contributed by atoms with Crippen LogP contribution in [0, 0.1) is 5.92 Å². The van der Waals surface area contributed by atoms with Crippen LogP contribution in [-0.4, -0.2) is 37.5 Å². The highest BCUT2D eigenvalue weighted by atomic mass is 16.1. The second-order valence-corrected chi connectivity index (χ2v) is 6.08. The van der Waals surface area contributed by atoms with E-state index in [1.807, 2.05) is 38.4 Å². The molecule has 0 saturated heterocycles. The average molecular weight is 277 g/mol. The number of benzene rings is 1. The highest BCUT2D eigenvalue weighted by Gasteiger charge is 2.15. The molecule has 1 atom stereocenters. The highest BCUT2D eigenvalue weighted by Crippen LogP contribution is 2.09. The summed E-state index contributed by atoms with van der Waals surface area (Å²) in [5.41, 5.74) is 7.38. The molecule has 0 aromatic heterocycles. The lowest BCUT2D eigenvalue weighted by atomic mass is 10.0. The van der Waals surface area contributed by atoms with E-state index in [0.29, 0.717) is 18.0 Å². The summed E-state index contributed by atoms with van der Waals surface area (Å²) in [5, 5.41) is 3.13. The van der Waals surface area contributed by atoms with Gasteiger partial charge in [-0.3, -0.25) is 4.79 Å². The monoisotopic (exact) mass is 277 g/mol. The molecule has 0 heterocycles. The Kier molecular flexibility index (Phi) is 6.52. The number of nitrogen functional groups attached to an aromatic ring is 1. The van der Waals surface area contributed by atoms with Gasteiger partial charge in [0.05, 0.1) is 6.42 Å². The molecule has 3 N–H and O–H groups in total. The molecule has 0 radical (unpaired) electrons. The number of carbonyl (C=O) groups excluding carboxylic acids is 1. The predicted molar refractivity (Wildman–Crippen MR) is 84.5 cm³/mol. The molecule has 1 aromatic carbocycles. The van der Waals surface area contributed by atoms with Crippen LogP contribution in [0.1, 0.15) is 25.8 Å². The van der Waals surface area contributed by atoms with Crippen molar-refractivity contribution in [3.05, 3.63) is 29.8 Å². The van der Waals surface area contributed by atoms with E-state index in [0.717, 1.165) is 18.5 Å². The first kappa shape index (κ1) is 16.5. The first-order valence-corrected chi connectivity index (χ1v) is 7.15. The number of hydrogen-bond donors (Lipinski definition) is 2. The molecule has 0 aliphatic carbocycles. The fourth-order valence-electron chi connectivity index (χ4n) is 2.36. The maximum Gasteiger partial charge on any atom is 0.224 e. The van der Waals surface area contributed by atoms with Crippen molar-refractivity contribution in [2.24, 2.45) is 5.92 Å². The summed E-state index contributed by atoms with van der Waals surface area (Å²) in [6, 6.07) is 7.68. The molecule has 0 fully saturated rings. The molecule has 112 valence electrons. The van der Waals surface area contributed by atoms with Crippen LogP contribution in [-0.2, 0) is 11.2 Å². The summed E-state index contributed by atoms with van der Waals surface area (Å²) < 4.78 is 0.